The normalized spacial score (nSPS) is 36.4. The third kappa shape index (κ3) is 5.44. The summed E-state index contributed by atoms with van der Waals surface area (Å²) in [5, 5.41) is 11.8. The lowest BCUT2D eigenvalue weighted by molar-refractivity contribution is -0.114. The molecule has 6 fully saturated rings. The van der Waals surface area contributed by atoms with Crippen LogP contribution in [0.4, 0.5) is 0 Å². The molecule has 6 aliphatic rings. The van der Waals surface area contributed by atoms with Gasteiger partial charge in [-0.1, -0.05) is 33.1 Å². The molecule has 1 aromatic heterocycles. The van der Waals surface area contributed by atoms with Gasteiger partial charge in [0.25, 0.3) is 11.8 Å². The molecule has 2 unspecified atom stereocenters. The zero-order chi connectivity index (χ0) is 24.1. The van der Waals surface area contributed by atoms with E-state index in [1.54, 1.807) is 11.8 Å². The quantitative estimate of drug-likeness (QED) is 0.420. The van der Waals surface area contributed by atoms with Crippen LogP contribution in [0.3, 0.4) is 0 Å². The van der Waals surface area contributed by atoms with Crippen LogP contribution in [-0.2, 0) is 0 Å². The Balaban J connectivity index is 0.00000267. The first-order chi connectivity index (χ1) is 16.8. The van der Waals surface area contributed by atoms with Crippen LogP contribution < -0.4 is 15.4 Å². The third-order valence-electron chi connectivity index (χ3n) is 9.58. The van der Waals surface area contributed by atoms with Crippen molar-refractivity contribution < 1.29 is 14.1 Å². The fourth-order valence-electron chi connectivity index (χ4n) is 9.09. The maximum absolute atomic E-state index is 13.8. The summed E-state index contributed by atoms with van der Waals surface area (Å²) in [6.45, 7) is 7.64. The first kappa shape index (κ1) is 26.7. The van der Waals surface area contributed by atoms with E-state index in [1.165, 1.54) is 51.4 Å². The van der Waals surface area contributed by atoms with Gasteiger partial charge in [-0.05, 0) is 105 Å². The average Bonchev–Trinajstić information content (AvgIpc) is 3.19. The predicted octanol–water partition coefficient (Wildman–Crippen LogP) is 6.38. The summed E-state index contributed by atoms with van der Waals surface area (Å²) in [7, 11) is 0. The molecule has 6 nitrogen and oxygen atoms in total. The van der Waals surface area contributed by atoms with Gasteiger partial charge in [-0.25, -0.2) is 0 Å². The van der Waals surface area contributed by atoms with Crippen molar-refractivity contribution in [3.63, 3.8) is 0 Å². The van der Waals surface area contributed by atoms with Crippen LogP contribution in [0.2, 0.25) is 0 Å². The molecule has 1 aliphatic heterocycles. The number of aromatic nitrogens is 1. The van der Waals surface area contributed by atoms with Crippen LogP contribution in [0.15, 0.2) is 9.42 Å². The standard InChI is InChI=1S/C28H43N3O3S.ClH/c1-26-12-20-13-27(2,16-26)18-28(14-20,17-26)30-24(32)22-23(35-21-6-4-3-5-7-21)25(31-34-22)33-15-19-8-10-29-11-9-19;/h19-21,29H,3-18H2,1-2H3,(H,30,32);1H. The highest BCUT2D eigenvalue weighted by molar-refractivity contribution is 8.00. The summed E-state index contributed by atoms with van der Waals surface area (Å²) < 4.78 is 12.0. The molecule has 1 saturated heterocycles. The molecule has 0 spiro atoms. The molecule has 7 rings (SSSR count). The molecule has 2 heterocycles. The van der Waals surface area contributed by atoms with Crippen LogP contribution in [0.25, 0.3) is 0 Å². The van der Waals surface area contributed by atoms with Crippen molar-refractivity contribution >= 4 is 30.1 Å². The van der Waals surface area contributed by atoms with Gasteiger partial charge < -0.3 is 19.9 Å². The highest BCUT2D eigenvalue weighted by Crippen LogP contribution is 2.66. The van der Waals surface area contributed by atoms with Crippen molar-refractivity contribution in [3.05, 3.63) is 5.76 Å². The summed E-state index contributed by atoms with van der Waals surface area (Å²) >= 11 is 1.78. The molecule has 0 aromatic carbocycles. The number of hydrogen-bond donors (Lipinski definition) is 2. The van der Waals surface area contributed by atoms with Gasteiger partial charge in [0, 0.05) is 10.8 Å². The van der Waals surface area contributed by atoms with Gasteiger partial charge in [-0.3, -0.25) is 4.79 Å². The second kappa shape index (κ2) is 10.3. The van der Waals surface area contributed by atoms with E-state index in [0.717, 1.165) is 56.0 Å². The minimum atomic E-state index is -0.102. The van der Waals surface area contributed by atoms with E-state index in [2.05, 4.69) is 29.6 Å². The zero-order valence-electron chi connectivity index (χ0n) is 22.0. The highest BCUT2D eigenvalue weighted by atomic mass is 35.5. The van der Waals surface area contributed by atoms with E-state index in [0.29, 0.717) is 40.2 Å². The molecule has 1 amide bonds. The summed E-state index contributed by atoms with van der Waals surface area (Å²) in [5.41, 5.74) is 0.604. The minimum absolute atomic E-state index is 0. The first-order valence-corrected chi connectivity index (χ1v) is 15.0. The molecule has 8 heteroatoms. The van der Waals surface area contributed by atoms with Crippen molar-refractivity contribution in [2.75, 3.05) is 19.7 Å². The molecule has 2 N–H and O–H groups in total. The van der Waals surface area contributed by atoms with E-state index in [1.807, 2.05) is 0 Å². The number of thioether (sulfide) groups is 1. The Kier molecular flexibility index (Phi) is 7.66. The monoisotopic (exact) mass is 537 g/mol. The molecule has 1 aromatic rings. The largest absolute Gasteiger partial charge is 0.474 e. The topological polar surface area (TPSA) is 76.4 Å². The van der Waals surface area contributed by atoms with E-state index >= 15 is 0 Å². The fraction of sp³-hybridized carbons (Fsp3) is 0.857. The Morgan fingerprint density at radius 1 is 1.06 bits per heavy atom. The highest BCUT2D eigenvalue weighted by Gasteiger charge is 2.60. The van der Waals surface area contributed by atoms with Gasteiger partial charge in [0.2, 0.25) is 5.76 Å². The Hall–Kier alpha value is -0.920. The Bertz CT molecular complexity index is 924. The summed E-state index contributed by atoms with van der Waals surface area (Å²) in [6, 6.07) is 0. The lowest BCUT2D eigenvalue weighted by Gasteiger charge is -2.65. The van der Waals surface area contributed by atoms with Gasteiger partial charge in [0.15, 0.2) is 0 Å². The van der Waals surface area contributed by atoms with Crippen molar-refractivity contribution in [2.24, 2.45) is 22.7 Å². The lowest BCUT2D eigenvalue weighted by Crippen LogP contribution is -2.65. The maximum Gasteiger partial charge on any atom is 0.291 e. The zero-order valence-corrected chi connectivity index (χ0v) is 23.7. The third-order valence-corrected chi connectivity index (χ3v) is 11.0. The molecule has 202 valence electrons. The number of hydrogen-bond acceptors (Lipinski definition) is 6. The van der Waals surface area contributed by atoms with Gasteiger partial charge in [0.1, 0.15) is 4.90 Å². The maximum atomic E-state index is 13.8. The van der Waals surface area contributed by atoms with E-state index in [9.17, 15) is 4.79 Å². The lowest BCUT2D eigenvalue weighted by atomic mass is 9.43. The van der Waals surface area contributed by atoms with E-state index in [4.69, 9.17) is 9.26 Å². The number of carbonyl (C=O) groups excluding carboxylic acids is 1. The van der Waals surface area contributed by atoms with Crippen LogP contribution >= 0.6 is 24.2 Å². The first-order valence-electron chi connectivity index (χ1n) is 14.2. The molecule has 36 heavy (non-hydrogen) atoms. The molecule has 5 saturated carbocycles. The fourth-order valence-corrected chi connectivity index (χ4v) is 10.4. The molecular formula is C28H44ClN3O3S. The van der Waals surface area contributed by atoms with E-state index < -0.39 is 0 Å². The second-order valence-electron chi connectivity index (χ2n) is 13.4. The summed E-state index contributed by atoms with van der Waals surface area (Å²) in [5.74, 6) is 2.10. The van der Waals surface area contributed by atoms with Crippen LogP contribution in [0, 0.1) is 22.7 Å². The van der Waals surface area contributed by atoms with E-state index in [-0.39, 0.29) is 23.9 Å². The second-order valence-corrected chi connectivity index (χ2v) is 14.7. The number of amides is 1. The van der Waals surface area contributed by atoms with Crippen molar-refractivity contribution in [2.45, 2.75) is 113 Å². The Labute approximate surface area is 226 Å². The summed E-state index contributed by atoms with van der Waals surface area (Å²) in [4.78, 5) is 14.6. The Morgan fingerprint density at radius 2 is 1.75 bits per heavy atom. The summed E-state index contributed by atoms with van der Waals surface area (Å²) in [6.07, 6.45) is 15.7. The molecule has 2 atom stereocenters. The minimum Gasteiger partial charge on any atom is -0.474 e. The average molecular weight is 538 g/mol. The number of nitrogens with one attached hydrogen (secondary N) is 2. The molecule has 5 aliphatic carbocycles. The Morgan fingerprint density at radius 3 is 2.42 bits per heavy atom. The van der Waals surface area contributed by atoms with Gasteiger partial charge in [0.05, 0.1) is 6.61 Å². The number of piperidine rings is 1. The van der Waals surface area contributed by atoms with Crippen LogP contribution in [0.5, 0.6) is 5.88 Å². The number of ether oxygens (including phenoxy) is 1. The van der Waals surface area contributed by atoms with Crippen LogP contribution in [-0.4, -0.2) is 41.5 Å². The van der Waals surface area contributed by atoms with Crippen molar-refractivity contribution in [3.8, 4) is 5.88 Å². The van der Waals surface area contributed by atoms with Crippen LogP contribution in [0.1, 0.15) is 108 Å². The number of halogens is 1. The van der Waals surface area contributed by atoms with Gasteiger partial charge >= 0.3 is 0 Å². The SMILES string of the molecule is CC12CC3CC(C)(C1)CC(NC(=O)c1onc(OCC4CCNCC4)c1SC1CCCCC1)(C3)C2.Cl. The molecular weight excluding hydrogens is 494 g/mol. The molecule has 4 bridgehead atoms. The van der Waals surface area contributed by atoms with Gasteiger partial charge in [-0.2, -0.15) is 0 Å². The van der Waals surface area contributed by atoms with Crippen molar-refractivity contribution in [1.82, 2.24) is 15.8 Å². The van der Waals surface area contributed by atoms with Crippen molar-refractivity contribution in [1.29, 1.82) is 0 Å². The smallest absolute Gasteiger partial charge is 0.291 e. The molecule has 0 radical (unpaired) electrons. The number of carbonyl (C=O) groups is 1. The number of nitrogens with zero attached hydrogens (tertiary/aromatic N) is 1. The predicted molar refractivity (Wildman–Crippen MR) is 145 cm³/mol. The van der Waals surface area contributed by atoms with Gasteiger partial charge in [-0.15, -0.1) is 24.2 Å². The number of rotatable bonds is 7.